The van der Waals surface area contributed by atoms with Crippen molar-refractivity contribution in [1.29, 1.82) is 0 Å². The summed E-state index contributed by atoms with van der Waals surface area (Å²) in [6.07, 6.45) is 2.28. The van der Waals surface area contributed by atoms with E-state index in [0.717, 1.165) is 75.4 Å². The highest BCUT2D eigenvalue weighted by Gasteiger charge is 2.22. The zero-order chi connectivity index (χ0) is 20.2. The number of benzene rings is 1. The van der Waals surface area contributed by atoms with E-state index < -0.39 is 0 Å². The number of hydrogen-bond acceptors (Lipinski definition) is 5. The number of carbonyl (C=O) groups excluding carboxylic acids is 2. The number of piperazine rings is 1. The van der Waals surface area contributed by atoms with Crippen LogP contribution in [0.4, 0.5) is 5.82 Å². The number of hydrogen-bond donors (Lipinski definition) is 1. The molecule has 3 heterocycles. The highest BCUT2D eigenvalue weighted by molar-refractivity contribution is 6.02. The zero-order valence-electron chi connectivity index (χ0n) is 17.1. The summed E-state index contributed by atoms with van der Waals surface area (Å²) in [6, 6.07) is 9.92. The van der Waals surface area contributed by atoms with Crippen LogP contribution in [0.5, 0.6) is 0 Å². The van der Waals surface area contributed by atoms with Gasteiger partial charge in [-0.1, -0.05) is 18.2 Å². The molecule has 2 amide bonds. The van der Waals surface area contributed by atoms with Gasteiger partial charge >= 0.3 is 0 Å². The van der Waals surface area contributed by atoms with Crippen LogP contribution in [0.25, 0.3) is 10.9 Å². The van der Waals surface area contributed by atoms with Gasteiger partial charge in [-0.05, 0) is 25.0 Å². The van der Waals surface area contributed by atoms with E-state index in [9.17, 15) is 9.59 Å². The second-order valence-corrected chi connectivity index (χ2v) is 7.85. The first kappa shape index (κ1) is 19.6. The van der Waals surface area contributed by atoms with Gasteiger partial charge in [0, 0.05) is 64.7 Å². The first-order valence-corrected chi connectivity index (χ1v) is 10.5. The largest absolute Gasteiger partial charge is 0.356 e. The topological polar surface area (TPSA) is 68.8 Å². The molecule has 2 aliphatic rings. The third-order valence-corrected chi connectivity index (χ3v) is 5.89. The summed E-state index contributed by atoms with van der Waals surface area (Å²) < 4.78 is 0. The molecular weight excluding hydrogens is 366 g/mol. The molecule has 1 N–H and O–H groups in total. The molecule has 1 aromatic heterocycles. The van der Waals surface area contributed by atoms with Crippen LogP contribution in [0.1, 0.15) is 30.1 Å². The number of carbonyl (C=O) groups is 2. The number of amides is 2. The number of nitrogens with one attached hydrogen (secondary N) is 1. The van der Waals surface area contributed by atoms with Crippen LogP contribution in [-0.2, 0) is 4.79 Å². The maximum Gasteiger partial charge on any atom is 0.255 e. The molecule has 7 heteroatoms. The third kappa shape index (κ3) is 4.50. The second kappa shape index (κ2) is 8.78. The predicted octanol–water partition coefficient (Wildman–Crippen LogP) is 1.73. The fraction of sp³-hybridized carbons (Fsp3) is 0.500. The molecule has 2 fully saturated rings. The summed E-state index contributed by atoms with van der Waals surface area (Å²) in [7, 11) is 0. The Hall–Kier alpha value is -2.67. The molecular formula is C22H29N5O2. The van der Waals surface area contributed by atoms with Crippen LogP contribution in [0.3, 0.4) is 0 Å². The molecule has 4 rings (SSSR count). The fourth-order valence-electron chi connectivity index (χ4n) is 4.15. The van der Waals surface area contributed by atoms with Crippen molar-refractivity contribution in [2.24, 2.45) is 0 Å². The van der Waals surface area contributed by atoms with Crippen molar-refractivity contribution in [2.45, 2.75) is 19.8 Å². The highest BCUT2D eigenvalue weighted by Crippen LogP contribution is 2.26. The molecule has 0 unspecified atom stereocenters. The van der Waals surface area contributed by atoms with Gasteiger partial charge in [-0.25, -0.2) is 4.98 Å². The molecule has 0 saturated carbocycles. The average Bonchev–Trinajstić information content (AvgIpc) is 3.28. The quantitative estimate of drug-likeness (QED) is 0.835. The molecule has 29 heavy (non-hydrogen) atoms. The van der Waals surface area contributed by atoms with Gasteiger partial charge in [-0.15, -0.1) is 0 Å². The van der Waals surface area contributed by atoms with Gasteiger partial charge in [0.25, 0.3) is 5.91 Å². The minimum Gasteiger partial charge on any atom is -0.356 e. The van der Waals surface area contributed by atoms with Crippen LogP contribution in [0, 0.1) is 0 Å². The van der Waals surface area contributed by atoms with E-state index in [1.165, 1.54) is 0 Å². The van der Waals surface area contributed by atoms with Crippen LogP contribution >= 0.6 is 0 Å². The Morgan fingerprint density at radius 1 is 1.03 bits per heavy atom. The number of aromatic nitrogens is 1. The van der Waals surface area contributed by atoms with Gasteiger partial charge in [-0.3, -0.25) is 14.5 Å². The van der Waals surface area contributed by atoms with Gasteiger partial charge in [0.2, 0.25) is 5.91 Å². The molecule has 0 aliphatic carbocycles. The van der Waals surface area contributed by atoms with Crippen molar-refractivity contribution in [1.82, 2.24) is 20.1 Å². The van der Waals surface area contributed by atoms with Crippen molar-refractivity contribution in [2.75, 3.05) is 57.3 Å². The zero-order valence-corrected chi connectivity index (χ0v) is 17.1. The molecule has 0 atom stereocenters. The number of para-hydroxylation sites is 1. The molecule has 2 aromatic rings. The van der Waals surface area contributed by atoms with E-state index in [0.29, 0.717) is 12.1 Å². The Morgan fingerprint density at radius 3 is 2.48 bits per heavy atom. The summed E-state index contributed by atoms with van der Waals surface area (Å²) in [5.74, 6) is 0.873. The van der Waals surface area contributed by atoms with Crippen LogP contribution in [-0.4, -0.2) is 79.0 Å². The highest BCUT2D eigenvalue weighted by atomic mass is 16.2. The number of pyridine rings is 1. The summed E-state index contributed by atoms with van der Waals surface area (Å²) in [5.41, 5.74) is 1.58. The van der Waals surface area contributed by atoms with Crippen molar-refractivity contribution in [3.05, 3.63) is 35.9 Å². The van der Waals surface area contributed by atoms with E-state index in [1.807, 2.05) is 35.2 Å². The van der Waals surface area contributed by atoms with Gasteiger partial charge in [-0.2, -0.15) is 0 Å². The maximum absolute atomic E-state index is 13.0. The van der Waals surface area contributed by atoms with E-state index in [-0.39, 0.29) is 11.8 Å². The minimum absolute atomic E-state index is 0.0625. The van der Waals surface area contributed by atoms with E-state index >= 15 is 0 Å². The lowest BCUT2D eigenvalue weighted by Crippen LogP contribution is -2.49. The molecule has 1 aromatic carbocycles. The van der Waals surface area contributed by atoms with Crippen molar-refractivity contribution in [3.8, 4) is 0 Å². The first-order valence-electron chi connectivity index (χ1n) is 10.5. The Labute approximate surface area is 171 Å². The van der Waals surface area contributed by atoms with Gasteiger partial charge in [0.05, 0.1) is 11.1 Å². The normalized spacial score (nSPS) is 17.7. The molecule has 2 saturated heterocycles. The summed E-state index contributed by atoms with van der Waals surface area (Å²) >= 11 is 0. The van der Waals surface area contributed by atoms with E-state index in [2.05, 4.69) is 15.1 Å². The van der Waals surface area contributed by atoms with Crippen LogP contribution in [0.15, 0.2) is 30.3 Å². The van der Waals surface area contributed by atoms with Gasteiger partial charge in [0.15, 0.2) is 0 Å². The van der Waals surface area contributed by atoms with Gasteiger partial charge in [0.1, 0.15) is 5.82 Å². The Bertz CT molecular complexity index is 886. The van der Waals surface area contributed by atoms with E-state index in [1.54, 1.807) is 6.92 Å². The Kier molecular flexibility index (Phi) is 5.94. The SMILES string of the molecule is CC(=O)N1CCN(CCNC(=O)c2cc3ccccc3nc2N2CCCC2)CC1. The van der Waals surface area contributed by atoms with Crippen LogP contribution in [0.2, 0.25) is 0 Å². The maximum atomic E-state index is 13.0. The number of nitrogens with zero attached hydrogens (tertiary/aromatic N) is 4. The van der Waals surface area contributed by atoms with Crippen LogP contribution < -0.4 is 10.2 Å². The number of fused-ring (bicyclic) bond motifs is 1. The van der Waals surface area contributed by atoms with Crippen molar-refractivity contribution in [3.63, 3.8) is 0 Å². The molecule has 0 bridgehead atoms. The lowest BCUT2D eigenvalue weighted by Gasteiger charge is -2.34. The van der Waals surface area contributed by atoms with Crippen molar-refractivity contribution >= 4 is 28.5 Å². The lowest BCUT2D eigenvalue weighted by molar-refractivity contribution is -0.130. The summed E-state index contributed by atoms with van der Waals surface area (Å²) in [6.45, 7) is 8.12. The monoisotopic (exact) mass is 395 g/mol. The summed E-state index contributed by atoms with van der Waals surface area (Å²) in [5, 5.41) is 4.07. The fourth-order valence-corrected chi connectivity index (χ4v) is 4.15. The predicted molar refractivity (Wildman–Crippen MR) is 114 cm³/mol. The smallest absolute Gasteiger partial charge is 0.255 e. The second-order valence-electron chi connectivity index (χ2n) is 7.85. The molecule has 154 valence electrons. The number of rotatable bonds is 5. The molecule has 0 radical (unpaired) electrons. The molecule has 2 aliphatic heterocycles. The van der Waals surface area contributed by atoms with Crippen molar-refractivity contribution < 1.29 is 9.59 Å². The summed E-state index contributed by atoms with van der Waals surface area (Å²) in [4.78, 5) is 35.6. The number of anilines is 1. The first-order chi connectivity index (χ1) is 14.1. The van der Waals surface area contributed by atoms with Gasteiger partial charge < -0.3 is 15.1 Å². The average molecular weight is 396 g/mol. The Balaban J connectivity index is 1.41. The standard InChI is InChI=1S/C22H29N5O2/c1-17(28)26-14-12-25(13-15-26)11-8-23-22(29)19-16-18-6-2-3-7-20(18)24-21(19)27-9-4-5-10-27/h2-3,6-7,16H,4-5,8-15H2,1H3,(H,23,29). The lowest BCUT2D eigenvalue weighted by atomic mass is 10.1. The molecule has 7 nitrogen and oxygen atoms in total. The third-order valence-electron chi connectivity index (χ3n) is 5.89. The molecule has 0 spiro atoms. The Morgan fingerprint density at radius 2 is 1.76 bits per heavy atom. The van der Waals surface area contributed by atoms with E-state index in [4.69, 9.17) is 4.98 Å². The minimum atomic E-state index is -0.0625.